The first-order valence-electron chi connectivity index (χ1n) is 6.48. The molecule has 6 heteroatoms. The van der Waals surface area contributed by atoms with Crippen LogP contribution in [0.1, 0.15) is 28.8 Å². The van der Waals surface area contributed by atoms with Crippen molar-refractivity contribution in [2.45, 2.75) is 12.8 Å². The Hall–Kier alpha value is -2.34. The molecule has 1 atom stereocenters. The molecule has 0 radical (unpaired) electrons. The Balaban J connectivity index is 1.88. The fourth-order valence-electron chi connectivity index (χ4n) is 1.87. The van der Waals surface area contributed by atoms with E-state index in [2.05, 4.69) is 10.6 Å². The predicted molar refractivity (Wildman–Crippen MR) is 83.2 cm³/mol. The summed E-state index contributed by atoms with van der Waals surface area (Å²) in [5.41, 5.74) is 1.24. The van der Waals surface area contributed by atoms with E-state index in [4.69, 9.17) is 5.11 Å². The minimum Gasteiger partial charge on any atom is -0.478 e. The number of nitrogens with one attached hydrogen (secondary N) is 2. The maximum absolute atomic E-state index is 11.8. The van der Waals surface area contributed by atoms with Crippen molar-refractivity contribution >= 4 is 28.3 Å². The molecule has 0 aliphatic heterocycles. The van der Waals surface area contributed by atoms with E-state index in [1.54, 1.807) is 5.38 Å². The summed E-state index contributed by atoms with van der Waals surface area (Å²) in [5.74, 6) is -0.872. The summed E-state index contributed by atoms with van der Waals surface area (Å²) in [7, 11) is 0. The fraction of sp³-hybridized carbons (Fsp3) is 0.200. The molecule has 1 aromatic carbocycles. The highest BCUT2D eigenvalue weighted by Crippen LogP contribution is 2.23. The quantitative estimate of drug-likeness (QED) is 0.792. The van der Waals surface area contributed by atoms with Gasteiger partial charge in [0.2, 0.25) is 0 Å². The molecule has 1 aromatic heterocycles. The summed E-state index contributed by atoms with van der Waals surface area (Å²) >= 11 is 1.18. The fourth-order valence-corrected chi connectivity index (χ4v) is 2.64. The van der Waals surface area contributed by atoms with Gasteiger partial charge in [-0.15, -0.1) is 11.3 Å². The van der Waals surface area contributed by atoms with Crippen molar-refractivity contribution in [3.05, 3.63) is 52.9 Å². The third-order valence-corrected chi connectivity index (χ3v) is 3.89. The van der Waals surface area contributed by atoms with Gasteiger partial charge < -0.3 is 10.4 Å². The Labute approximate surface area is 126 Å². The zero-order valence-corrected chi connectivity index (χ0v) is 12.3. The van der Waals surface area contributed by atoms with E-state index >= 15 is 0 Å². The lowest BCUT2D eigenvalue weighted by Crippen LogP contribution is -2.31. The van der Waals surface area contributed by atoms with Crippen LogP contribution in [-0.4, -0.2) is 23.7 Å². The van der Waals surface area contributed by atoms with Gasteiger partial charge in [0, 0.05) is 6.54 Å². The molecule has 0 saturated heterocycles. The molecule has 0 saturated carbocycles. The van der Waals surface area contributed by atoms with Crippen molar-refractivity contribution < 1.29 is 14.7 Å². The lowest BCUT2D eigenvalue weighted by molar-refractivity contribution is 0.0698. The van der Waals surface area contributed by atoms with E-state index in [1.165, 1.54) is 17.4 Å². The van der Waals surface area contributed by atoms with Crippen molar-refractivity contribution in [3.8, 4) is 0 Å². The molecule has 21 heavy (non-hydrogen) atoms. The van der Waals surface area contributed by atoms with Crippen molar-refractivity contribution in [2.24, 2.45) is 0 Å². The summed E-state index contributed by atoms with van der Waals surface area (Å²) in [6.45, 7) is 2.49. The van der Waals surface area contributed by atoms with Crippen LogP contribution in [-0.2, 0) is 0 Å². The maximum atomic E-state index is 11.8. The van der Waals surface area contributed by atoms with Crippen LogP contribution in [0.15, 0.2) is 41.8 Å². The number of hydrogen-bond donors (Lipinski definition) is 3. The van der Waals surface area contributed by atoms with Gasteiger partial charge in [0.05, 0.1) is 5.56 Å². The van der Waals surface area contributed by atoms with E-state index in [-0.39, 0.29) is 11.5 Å². The van der Waals surface area contributed by atoms with Crippen molar-refractivity contribution in [2.75, 3.05) is 11.9 Å². The second kappa shape index (κ2) is 6.90. The van der Waals surface area contributed by atoms with Crippen LogP contribution in [0.2, 0.25) is 0 Å². The van der Waals surface area contributed by atoms with E-state index in [0.29, 0.717) is 11.5 Å². The molecule has 0 spiro atoms. The van der Waals surface area contributed by atoms with Gasteiger partial charge in [0.15, 0.2) is 0 Å². The largest absolute Gasteiger partial charge is 0.478 e. The number of carboxylic acid groups (broad SMARTS) is 1. The van der Waals surface area contributed by atoms with Crippen LogP contribution in [0.4, 0.5) is 9.80 Å². The average molecular weight is 304 g/mol. The van der Waals surface area contributed by atoms with Gasteiger partial charge in [-0.2, -0.15) is 0 Å². The SMILES string of the molecule is CC(CNC(=O)Nc1sccc1C(=O)O)c1ccccc1. The number of anilines is 1. The van der Waals surface area contributed by atoms with Crippen LogP contribution < -0.4 is 10.6 Å². The summed E-state index contributed by atoms with van der Waals surface area (Å²) < 4.78 is 0. The highest BCUT2D eigenvalue weighted by atomic mass is 32.1. The topological polar surface area (TPSA) is 78.4 Å². The number of rotatable bonds is 5. The molecule has 0 bridgehead atoms. The van der Waals surface area contributed by atoms with Gasteiger partial charge >= 0.3 is 12.0 Å². The number of carboxylic acids is 1. The van der Waals surface area contributed by atoms with Gasteiger partial charge in [-0.25, -0.2) is 9.59 Å². The zero-order chi connectivity index (χ0) is 15.2. The molecule has 2 amide bonds. The third-order valence-electron chi connectivity index (χ3n) is 3.06. The Morgan fingerprint density at radius 2 is 1.95 bits per heavy atom. The Morgan fingerprint density at radius 3 is 2.62 bits per heavy atom. The molecule has 3 N–H and O–H groups in total. The second-order valence-electron chi connectivity index (χ2n) is 4.62. The number of benzene rings is 1. The molecular weight excluding hydrogens is 288 g/mol. The van der Waals surface area contributed by atoms with E-state index in [1.807, 2.05) is 37.3 Å². The molecule has 1 heterocycles. The predicted octanol–water partition coefficient (Wildman–Crippen LogP) is 3.37. The number of hydrogen-bond acceptors (Lipinski definition) is 3. The number of urea groups is 1. The van der Waals surface area contributed by atoms with Gasteiger partial charge in [0.1, 0.15) is 5.00 Å². The second-order valence-corrected chi connectivity index (χ2v) is 5.53. The number of amides is 2. The molecular formula is C15H16N2O3S. The summed E-state index contributed by atoms with van der Waals surface area (Å²) in [5, 5.41) is 16.3. The molecule has 0 aliphatic rings. The first kappa shape index (κ1) is 15.1. The van der Waals surface area contributed by atoms with Crippen LogP contribution in [0.25, 0.3) is 0 Å². The van der Waals surface area contributed by atoms with Crippen LogP contribution >= 0.6 is 11.3 Å². The smallest absolute Gasteiger partial charge is 0.338 e. The third kappa shape index (κ3) is 4.06. The normalized spacial score (nSPS) is 11.7. The standard InChI is InChI=1S/C15H16N2O3S/c1-10(11-5-3-2-4-6-11)9-16-15(20)17-13-12(14(18)19)7-8-21-13/h2-8,10H,9H2,1H3,(H,18,19)(H2,16,17,20). The van der Waals surface area contributed by atoms with Gasteiger partial charge in [-0.1, -0.05) is 37.3 Å². The van der Waals surface area contributed by atoms with Crippen LogP contribution in [0.5, 0.6) is 0 Å². The van der Waals surface area contributed by atoms with Gasteiger partial charge in [-0.3, -0.25) is 5.32 Å². The first-order valence-corrected chi connectivity index (χ1v) is 7.36. The molecule has 2 rings (SSSR count). The number of carbonyl (C=O) groups is 2. The van der Waals surface area contributed by atoms with E-state index in [0.717, 1.165) is 5.56 Å². The Morgan fingerprint density at radius 1 is 1.24 bits per heavy atom. The maximum Gasteiger partial charge on any atom is 0.338 e. The van der Waals surface area contributed by atoms with E-state index in [9.17, 15) is 9.59 Å². The van der Waals surface area contributed by atoms with Crippen molar-refractivity contribution in [3.63, 3.8) is 0 Å². The summed E-state index contributed by atoms with van der Waals surface area (Å²) in [4.78, 5) is 22.8. The molecule has 110 valence electrons. The highest BCUT2D eigenvalue weighted by molar-refractivity contribution is 7.14. The lowest BCUT2D eigenvalue weighted by atomic mass is 10.0. The Bertz CT molecular complexity index is 625. The van der Waals surface area contributed by atoms with Crippen LogP contribution in [0, 0.1) is 0 Å². The molecule has 1 unspecified atom stereocenters. The van der Waals surface area contributed by atoms with Gasteiger partial charge in [0.25, 0.3) is 0 Å². The molecule has 0 fully saturated rings. The monoisotopic (exact) mass is 304 g/mol. The number of carbonyl (C=O) groups excluding carboxylic acids is 1. The lowest BCUT2D eigenvalue weighted by Gasteiger charge is -2.13. The van der Waals surface area contributed by atoms with Crippen LogP contribution in [0.3, 0.4) is 0 Å². The minimum absolute atomic E-state index is 0.103. The van der Waals surface area contributed by atoms with Gasteiger partial charge in [-0.05, 0) is 22.9 Å². The number of aromatic carboxylic acids is 1. The highest BCUT2D eigenvalue weighted by Gasteiger charge is 2.14. The van der Waals surface area contributed by atoms with E-state index < -0.39 is 12.0 Å². The summed E-state index contributed by atoms with van der Waals surface area (Å²) in [6.07, 6.45) is 0. The molecule has 2 aromatic rings. The van der Waals surface area contributed by atoms with Crippen molar-refractivity contribution in [1.82, 2.24) is 5.32 Å². The number of thiophene rings is 1. The Kier molecular flexibility index (Phi) is 4.94. The molecule has 5 nitrogen and oxygen atoms in total. The zero-order valence-electron chi connectivity index (χ0n) is 11.5. The summed E-state index contributed by atoms with van der Waals surface area (Å²) in [6, 6.07) is 10.9. The first-order chi connectivity index (χ1) is 10.1. The minimum atomic E-state index is -1.05. The average Bonchev–Trinajstić information content (AvgIpc) is 2.94. The molecule has 0 aliphatic carbocycles. The van der Waals surface area contributed by atoms with Crippen molar-refractivity contribution in [1.29, 1.82) is 0 Å².